The van der Waals surface area contributed by atoms with Crippen LogP contribution in [0.2, 0.25) is 0 Å². The Morgan fingerprint density at radius 1 is 1.47 bits per heavy atom. The van der Waals surface area contributed by atoms with Crippen LogP contribution in [0.25, 0.3) is 0 Å². The van der Waals surface area contributed by atoms with Crippen LogP contribution in [0.1, 0.15) is 30.2 Å². The zero-order valence-corrected chi connectivity index (χ0v) is 12.3. The summed E-state index contributed by atoms with van der Waals surface area (Å²) in [6, 6.07) is 10.1. The van der Waals surface area contributed by atoms with Gasteiger partial charge in [0.1, 0.15) is 17.5 Å². The highest BCUT2D eigenvalue weighted by atomic mass is 79.9. The van der Waals surface area contributed by atoms with E-state index in [2.05, 4.69) is 34.0 Å². The van der Waals surface area contributed by atoms with Gasteiger partial charge >= 0.3 is 0 Å². The lowest BCUT2D eigenvalue weighted by molar-refractivity contribution is 0.676. The SMILES string of the molecule is CCCc1nn(Cc2cccc(Br)c2)c(N)c1C#N. The third-order valence-corrected chi connectivity index (χ3v) is 3.38. The number of rotatable bonds is 4. The van der Waals surface area contributed by atoms with Gasteiger partial charge in [0.25, 0.3) is 0 Å². The van der Waals surface area contributed by atoms with E-state index < -0.39 is 0 Å². The number of halogens is 1. The second-order valence-electron chi connectivity index (χ2n) is 4.36. The van der Waals surface area contributed by atoms with Gasteiger partial charge in [-0.1, -0.05) is 41.4 Å². The quantitative estimate of drug-likeness (QED) is 0.941. The number of anilines is 1. The lowest BCUT2D eigenvalue weighted by Crippen LogP contribution is -2.06. The number of hydrogen-bond acceptors (Lipinski definition) is 3. The maximum absolute atomic E-state index is 9.16. The Labute approximate surface area is 121 Å². The first-order valence-corrected chi connectivity index (χ1v) is 6.94. The second kappa shape index (κ2) is 5.89. The Hall–Kier alpha value is -1.80. The van der Waals surface area contributed by atoms with E-state index in [-0.39, 0.29) is 0 Å². The molecule has 4 nitrogen and oxygen atoms in total. The number of benzene rings is 1. The van der Waals surface area contributed by atoms with Crippen LogP contribution in [-0.2, 0) is 13.0 Å². The lowest BCUT2D eigenvalue weighted by Gasteiger charge is -2.04. The van der Waals surface area contributed by atoms with Gasteiger partial charge in [-0.25, -0.2) is 4.68 Å². The number of nitriles is 1. The summed E-state index contributed by atoms with van der Waals surface area (Å²) in [7, 11) is 0. The predicted molar refractivity (Wildman–Crippen MR) is 78.6 cm³/mol. The van der Waals surface area contributed by atoms with Gasteiger partial charge < -0.3 is 5.73 Å². The molecule has 0 saturated carbocycles. The molecule has 0 unspecified atom stereocenters. The number of nitrogens with two attached hydrogens (primary N) is 1. The van der Waals surface area contributed by atoms with Gasteiger partial charge in [0, 0.05) is 4.47 Å². The molecule has 0 spiro atoms. The standard InChI is InChI=1S/C14H15BrN4/c1-2-4-13-12(8-16)14(17)19(18-13)9-10-5-3-6-11(15)7-10/h3,5-7H,2,4,9,17H2,1H3. The van der Waals surface area contributed by atoms with Gasteiger partial charge in [-0.15, -0.1) is 0 Å². The van der Waals surface area contributed by atoms with Gasteiger partial charge in [0.15, 0.2) is 0 Å². The van der Waals surface area contributed by atoms with Crippen LogP contribution in [0.3, 0.4) is 0 Å². The maximum Gasteiger partial charge on any atom is 0.140 e. The molecule has 0 aliphatic carbocycles. The lowest BCUT2D eigenvalue weighted by atomic mass is 10.2. The molecule has 0 fully saturated rings. The first-order chi connectivity index (χ1) is 9.15. The molecule has 0 aliphatic rings. The fraction of sp³-hybridized carbons (Fsp3) is 0.286. The number of hydrogen-bond donors (Lipinski definition) is 1. The zero-order valence-electron chi connectivity index (χ0n) is 10.7. The molecule has 0 bridgehead atoms. The van der Waals surface area contributed by atoms with Gasteiger partial charge in [0.2, 0.25) is 0 Å². The zero-order chi connectivity index (χ0) is 13.8. The van der Waals surface area contributed by atoms with Crippen molar-refractivity contribution in [3.05, 3.63) is 45.6 Å². The summed E-state index contributed by atoms with van der Waals surface area (Å²) in [5, 5.41) is 13.6. The smallest absolute Gasteiger partial charge is 0.140 e. The highest BCUT2D eigenvalue weighted by Gasteiger charge is 2.14. The molecule has 5 heteroatoms. The van der Waals surface area contributed by atoms with Crippen LogP contribution in [0.15, 0.2) is 28.7 Å². The van der Waals surface area contributed by atoms with Crippen molar-refractivity contribution in [2.75, 3.05) is 5.73 Å². The van der Waals surface area contributed by atoms with E-state index in [1.165, 1.54) is 0 Å². The van der Waals surface area contributed by atoms with Crippen LogP contribution in [-0.4, -0.2) is 9.78 Å². The van der Waals surface area contributed by atoms with E-state index in [1.54, 1.807) is 4.68 Å². The fourth-order valence-electron chi connectivity index (χ4n) is 1.99. The van der Waals surface area contributed by atoms with E-state index in [0.29, 0.717) is 17.9 Å². The van der Waals surface area contributed by atoms with Gasteiger partial charge in [-0.05, 0) is 24.1 Å². The second-order valence-corrected chi connectivity index (χ2v) is 5.27. The molecule has 1 aromatic heterocycles. The average Bonchev–Trinajstić information content (AvgIpc) is 2.66. The summed E-state index contributed by atoms with van der Waals surface area (Å²) in [5.74, 6) is 0.450. The van der Waals surface area contributed by atoms with Crippen molar-refractivity contribution in [1.29, 1.82) is 5.26 Å². The Kier molecular flexibility index (Phi) is 4.23. The molecule has 1 aromatic carbocycles. The van der Waals surface area contributed by atoms with Gasteiger partial charge in [-0.3, -0.25) is 0 Å². The highest BCUT2D eigenvalue weighted by molar-refractivity contribution is 9.10. The first-order valence-electron chi connectivity index (χ1n) is 6.15. The summed E-state index contributed by atoms with van der Waals surface area (Å²) in [4.78, 5) is 0. The van der Waals surface area contributed by atoms with Crippen molar-refractivity contribution >= 4 is 21.7 Å². The predicted octanol–water partition coefficient (Wildman–Crippen LogP) is 3.10. The molecule has 0 radical (unpaired) electrons. The molecule has 2 N–H and O–H groups in total. The number of aryl methyl sites for hydroxylation is 1. The molecule has 98 valence electrons. The molecular formula is C14H15BrN4. The molecule has 19 heavy (non-hydrogen) atoms. The van der Waals surface area contributed by atoms with Crippen molar-refractivity contribution in [3.63, 3.8) is 0 Å². The topological polar surface area (TPSA) is 67.6 Å². The van der Waals surface area contributed by atoms with Gasteiger partial charge in [-0.2, -0.15) is 10.4 Å². The van der Waals surface area contributed by atoms with Crippen molar-refractivity contribution in [2.24, 2.45) is 0 Å². The molecule has 2 aromatic rings. The maximum atomic E-state index is 9.16. The fourth-order valence-corrected chi connectivity index (χ4v) is 2.44. The Balaban J connectivity index is 2.33. The van der Waals surface area contributed by atoms with E-state index in [1.807, 2.05) is 24.3 Å². The van der Waals surface area contributed by atoms with E-state index in [9.17, 15) is 0 Å². The van der Waals surface area contributed by atoms with Crippen LogP contribution in [0, 0.1) is 11.3 Å². The number of nitrogen functional groups attached to an aromatic ring is 1. The highest BCUT2D eigenvalue weighted by Crippen LogP contribution is 2.19. The summed E-state index contributed by atoms with van der Waals surface area (Å²) in [6.45, 7) is 2.63. The minimum atomic E-state index is 0.450. The van der Waals surface area contributed by atoms with E-state index >= 15 is 0 Å². The van der Waals surface area contributed by atoms with Crippen LogP contribution < -0.4 is 5.73 Å². The van der Waals surface area contributed by atoms with E-state index in [0.717, 1.165) is 28.6 Å². The van der Waals surface area contributed by atoms with Crippen molar-refractivity contribution in [3.8, 4) is 6.07 Å². The van der Waals surface area contributed by atoms with Crippen molar-refractivity contribution in [2.45, 2.75) is 26.3 Å². The Morgan fingerprint density at radius 2 is 2.26 bits per heavy atom. The average molecular weight is 319 g/mol. The summed E-state index contributed by atoms with van der Waals surface area (Å²) in [5.41, 5.74) is 8.39. The third-order valence-electron chi connectivity index (χ3n) is 2.88. The minimum Gasteiger partial charge on any atom is -0.383 e. The Morgan fingerprint density at radius 3 is 2.89 bits per heavy atom. The van der Waals surface area contributed by atoms with E-state index in [4.69, 9.17) is 11.0 Å². The van der Waals surface area contributed by atoms with Crippen LogP contribution >= 0.6 is 15.9 Å². The van der Waals surface area contributed by atoms with Crippen LogP contribution in [0.5, 0.6) is 0 Å². The van der Waals surface area contributed by atoms with Crippen molar-refractivity contribution < 1.29 is 0 Å². The summed E-state index contributed by atoms with van der Waals surface area (Å²) >= 11 is 3.44. The molecule has 0 amide bonds. The monoisotopic (exact) mass is 318 g/mol. The normalized spacial score (nSPS) is 10.4. The summed E-state index contributed by atoms with van der Waals surface area (Å²) in [6.07, 6.45) is 1.72. The Bertz CT molecular complexity index is 625. The first kappa shape index (κ1) is 13.6. The minimum absolute atomic E-state index is 0.450. The van der Waals surface area contributed by atoms with Crippen LogP contribution in [0.4, 0.5) is 5.82 Å². The molecule has 2 rings (SSSR count). The summed E-state index contributed by atoms with van der Waals surface area (Å²) < 4.78 is 2.72. The van der Waals surface area contributed by atoms with Gasteiger partial charge in [0.05, 0.1) is 12.2 Å². The number of nitrogens with zero attached hydrogens (tertiary/aromatic N) is 3. The largest absolute Gasteiger partial charge is 0.383 e. The molecular weight excluding hydrogens is 304 g/mol. The number of aromatic nitrogens is 2. The van der Waals surface area contributed by atoms with Crippen molar-refractivity contribution in [1.82, 2.24) is 9.78 Å². The molecule has 1 heterocycles. The molecule has 0 aliphatic heterocycles. The molecule has 0 atom stereocenters. The third kappa shape index (κ3) is 2.96. The molecule has 0 saturated heterocycles.